The van der Waals surface area contributed by atoms with Crippen LogP contribution in [0.1, 0.15) is 19.0 Å². The van der Waals surface area contributed by atoms with Crippen LogP contribution in [0.25, 0.3) is 10.9 Å². The molecule has 1 aliphatic heterocycles. The summed E-state index contributed by atoms with van der Waals surface area (Å²) in [4.78, 5) is 6.68. The number of aromatic nitrogens is 1. The average Bonchev–Trinajstić information content (AvgIpc) is 2.94. The van der Waals surface area contributed by atoms with Crippen LogP contribution in [-0.2, 0) is 4.74 Å². The molecular weight excluding hydrogens is 267 g/mol. The number of ether oxygens (including phenoxy) is 1. The van der Waals surface area contributed by atoms with Crippen LogP contribution in [0.2, 0.25) is 0 Å². The van der Waals surface area contributed by atoms with Gasteiger partial charge < -0.3 is 9.64 Å². The fraction of sp³-hybridized carbons (Fsp3) is 0.471. The largest absolute Gasteiger partial charge is 0.381 e. The molecule has 0 saturated carbocycles. The number of fused-ring (bicyclic) bond motifs is 1. The summed E-state index contributed by atoms with van der Waals surface area (Å²) in [5, 5.41) is 0.901. The molecule has 3 nitrogen and oxygen atoms in total. The molecule has 1 unspecified atom stereocenters. The smallest absolute Gasteiger partial charge is 0.149 e. The molecule has 0 aliphatic carbocycles. The lowest BCUT2D eigenvalue weighted by molar-refractivity contribution is 0.117. The molecule has 1 saturated heterocycles. The van der Waals surface area contributed by atoms with Gasteiger partial charge in [-0.15, -0.1) is 0 Å². The van der Waals surface area contributed by atoms with Crippen molar-refractivity contribution in [2.45, 2.75) is 20.3 Å². The van der Waals surface area contributed by atoms with Crippen molar-refractivity contribution >= 4 is 16.6 Å². The Labute approximate surface area is 124 Å². The summed E-state index contributed by atoms with van der Waals surface area (Å²) in [5.41, 5.74) is 2.42. The molecule has 1 atom stereocenters. The van der Waals surface area contributed by atoms with Gasteiger partial charge in [0.2, 0.25) is 0 Å². The van der Waals surface area contributed by atoms with Crippen LogP contribution in [0.5, 0.6) is 0 Å². The zero-order chi connectivity index (χ0) is 14.8. The third-order valence-corrected chi connectivity index (χ3v) is 4.08. The first-order valence-corrected chi connectivity index (χ1v) is 7.57. The van der Waals surface area contributed by atoms with E-state index in [1.807, 2.05) is 19.9 Å². The zero-order valence-electron chi connectivity index (χ0n) is 12.6. The number of pyridine rings is 1. The minimum atomic E-state index is -0.248. The van der Waals surface area contributed by atoms with Gasteiger partial charge in [0.1, 0.15) is 11.3 Å². The Kier molecular flexibility index (Phi) is 4.06. The first kappa shape index (κ1) is 14.3. The number of nitrogens with zero attached hydrogens (tertiary/aromatic N) is 2. The maximum absolute atomic E-state index is 14.0. The minimum Gasteiger partial charge on any atom is -0.381 e. The third kappa shape index (κ3) is 2.86. The molecule has 1 aromatic carbocycles. The van der Waals surface area contributed by atoms with Crippen LogP contribution < -0.4 is 4.90 Å². The summed E-state index contributed by atoms with van der Waals surface area (Å²) in [6, 6.07) is 7.24. The van der Waals surface area contributed by atoms with Gasteiger partial charge in [0.05, 0.1) is 6.61 Å². The van der Waals surface area contributed by atoms with Gasteiger partial charge in [0.15, 0.2) is 0 Å². The molecule has 3 rings (SSSR count). The number of para-hydroxylation sites is 1. The lowest BCUT2D eigenvalue weighted by Crippen LogP contribution is -2.21. The molecule has 0 N–H and O–H groups in total. The first-order valence-electron chi connectivity index (χ1n) is 7.57. The number of benzene rings is 1. The number of hydrogen-bond acceptors (Lipinski definition) is 3. The fourth-order valence-electron chi connectivity index (χ4n) is 3.05. The van der Waals surface area contributed by atoms with Gasteiger partial charge >= 0.3 is 0 Å². The highest BCUT2D eigenvalue weighted by molar-refractivity contribution is 5.92. The predicted molar refractivity (Wildman–Crippen MR) is 83.3 cm³/mol. The molecule has 1 fully saturated rings. The van der Waals surface area contributed by atoms with E-state index in [2.05, 4.69) is 16.0 Å². The average molecular weight is 288 g/mol. The van der Waals surface area contributed by atoms with E-state index in [1.165, 1.54) is 6.07 Å². The Bertz CT molecular complexity index is 644. The van der Waals surface area contributed by atoms with Gasteiger partial charge in [-0.1, -0.05) is 12.1 Å². The number of hydrogen-bond donors (Lipinski definition) is 0. The molecule has 1 aliphatic rings. The molecule has 2 aromatic rings. The van der Waals surface area contributed by atoms with Gasteiger partial charge in [-0.05, 0) is 32.4 Å². The zero-order valence-corrected chi connectivity index (χ0v) is 12.6. The quantitative estimate of drug-likeness (QED) is 0.860. The molecule has 2 heterocycles. The Morgan fingerprint density at radius 2 is 2.29 bits per heavy atom. The lowest BCUT2D eigenvalue weighted by atomic mass is 10.1. The summed E-state index contributed by atoms with van der Waals surface area (Å²) in [7, 11) is 0. The van der Waals surface area contributed by atoms with E-state index >= 15 is 0 Å². The maximum atomic E-state index is 14.0. The number of anilines is 1. The molecule has 0 amide bonds. The van der Waals surface area contributed by atoms with Crippen molar-refractivity contribution in [2.75, 3.05) is 31.2 Å². The highest BCUT2D eigenvalue weighted by Gasteiger charge is 2.24. The van der Waals surface area contributed by atoms with Gasteiger partial charge in [0.25, 0.3) is 0 Å². The predicted octanol–water partition coefficient (Wildman–Crippen LogP) is 3.55. The van der Waals surface area contributed by atoms with Crippen molar-refractivity contribution in [1.29, 1.82) is 0 Å². The molecule has 4 heteroatoms. The molecule has 0 bridgehead atoms. The molecule has 0 spiro atoms. The second kappa shape index (κ2) is 5.98. The maximum Gasteiger partial charge on any atom is 0.149 e. The topological polar surface area (TPSA) is 25.4 Å². The van der Waals surface area contributed by atoms with Crippen LogP contribution in [0.15, 0.2) is 24.3 Å². The van der Waals surface area contributed by atoms with E-state index in [9.17, 15) is 4.39 Å². The van der Waals surface area contributed by atoms with E-state index in [4.69, 9.17) is 4.74 Å². The van der Waals surface area contributed by atoms with Crippen molar-refractivity contribution in [3.05, 3.63) is 35.8 Å². The highest BCUT2D eigenvalue weighted by Crippen LogP contribution is 2.32. The number of rotatable bonds is 4. The monoisotopic (exact) mass is 288 g/mol. The van der Waals surface area contributed by atoms with E-state index < -0.39 is 0 Å². The van der Waals surface area contributed by atoms with Crippen molar-refractivity contribution in [2.24, 2.45) is 5.92 Å². The second-order valence-electron chi connectivity index (χ2n) is 5.68. The summed E-state index contributed by atoms with van der Waals surface area (Å²) in [5.74, 6) is 0.310. The first-order chi connectivity index (χ1) is 10.2. The third-order valence-electron chi connectivity index (χ3n) is 4.08. The van der Waals surface area contributed by atoms with Gasteiger partial charge in [-0.2, -0.15) is 0 Å². The van der Waals surface area contributed by atoms with Crippen LogP contribution in [-0.4, -0.2) is 31.3 Å². The normalized spacial score (nSPS) is 18.6. The highest BCUT2D eigenvalue weighted by atomic mass is 19.1. The lowest BCUT2D eigenvalue weighted by Gasteiger charge is -2.21. The molecule has 112 valence electrons. The van der Waals surface area contributed by atoms with E-state index in [1.54, 1.807) is 6.07 Å². The standard InChI is InChI=1S/C17H21FN2O/c1-3-21-11-13-7-8-20(10-13)16-9-12(2)19-17-14(16)5-4-6-15(17)18/h4-6,9,13H,3,7-8,10-11H2,1-2H3. The number of halogens is 1. The van der Waals surface area contributed by atoms with Crippen molar-refractivity contribution in [3.8, 4) is 0 Å². The second-order valence-corrected chi connectivity index (χ2v) is 5.68. The Hall–Kier alpha value is -1.68. The number of aryl methyl sites for hydroxylation is 1. The van der Waals surface area contributed by atoms with Crippen LogP contribution in [0.4, 0.5) is 10.1 Å². The van der Waals surface area contributed by atoms with Crippen LogP contribution >= 0.6 is 0 Å². The summed E-state index contributed by atoms with van der Waals surface area (Å²) < 4.78 is 19.5. The molecule has 0 radical (unpaired) electrons. The summed E-state index contributed by atoms with van der Waals surface area (Å²) in [6.07, 6.45) is 1.12. The summed E-state index contributed by atoms with van der Waals surface area (Å²) in [6.45, 7) is 7.47. The van der Waals surface area contributed by atoms with Gasteiger partial charge in [0, 0.05) is 42.4 Å². The minimum absolute atomic E-state index is 0.248. The fourth-order valence-corrected chi connectivity index (χ4v) is 3.05. The molecule has 1 aromatic heterocycles. The molecular formula is C17H21FN2O. The van der Waals surface area contributed by atoms with Crippen molar-refractivity contribution in [3.63, 3.8) is 0 Å². The van der Waals surface area contributed by atoms with E-state index in [0.29, 0.717) is 11.4 Å². The van der Waals surface area contributed by atoms with Crippen LogP contribution in [0, 0.1) is 18.7 Å². The summed E-state index contributed by atoms with van der Waals surface area (Å²) >= 11 is 0. The van der Waals surface area contributed by atoms with E-state index in [0.717, 1.165) is 49.5 Å². The van der Waals surface area contributed by atoms with Gasteiger partial charge in [-0.25, -0.2) is 9.37 Å². The molecule has 21 heavy (non-hydrogen) atoms. The Balaban J connectivity index is 1.92. The Morgan fingerprint density at radius 1 is 1.43 bits per heavy atom. The van der Waals surface area contributed by atoms with E-state index in [-0.39, 0.29) is 5.82 Å². The van der Waals surface area contributed by atoms with Crippen molar-refractivity contribution in [1.82, 2.24) is 4.98 Å². The van der Waals surface area contributed by atoms with Crippen LogP contribution in [0.3, 0.4) is 0 Å². The Morgan fingerprint density at radius 3 is 3.10 bits per heavy atom. The van der Waals surface area contributed by atoms with Crippen molar-refractivity contribution < 1.29 is 9.13 Å². The van der Waals surface area contributed by atoms with Gasteiger partial charge in [-0.3, -0.25) is 0 Å². The SMILES string of the molecule is CCOCC1CCN(c2cc(C)nc3c(F)cccc23)C1.